The summed E-state index contributed by atoms with van der Waals surface area (Å²) in [7, 11) is 5.47. The predicted octanol–water partition coefficient (Wildman–Crippen LogP) is 3.44. The van der Waals surface area contributed by atoms with E-state index in [0.29, 0.717) is 12.0 Å². The molecule has 8 nitrogen and oxygen atoms in total. The van der Waals surface area contributed by atoms with Crippen LogP contribution in [0.4, 0.5) is 0 Å². The molecule has 2 amide bonds. The number of benzene rings is 1. The molecule has 2 rings (SSSR count). The van der Waals surface area contributed by atoms with Gasteiger partial charge in [-0.15, -0.1) is 0 Å². The molecule has 0 fully saturated rings. The number of hydrogen-bond donors (Lipinski definition) is 2. The van der Waals surface area contributed by atoms with Crippen LogP contribution in [0.3, 0.4) is 0 Å². The molecule has 2 N–H and O–H groups in total. The third-order valence-corrected chi connectivity index (χ3v) is 6.79. The first-order valence-corrected chi connectivity index (χ1v) is 13.1. The van der Waals surface area contributed by atoms with E-state index in [0.717, 1.165) is 16.5 Å². The van der Waals surface area contributed by atoms with E-state index in [1.807, 2.05) is 53.1 Å². The highest BCUT2D eigenvalue weighted by Crippen LogP contribution is 2.22. The Morgan fingerprint density at radius 3 is 2.32 bits per heavy atom. The van der Waals surface area contributed by atoms with Gasteiger partial charge in [-0.3, -0.25) is 9.59 Å². The Kier molecular flexibility index (Phi) is 10.9. The topological polar surface area (TPSA) is 92.7 Å². The molecule has 0 aliphatic rings. The van der Waals surface area contributed by atoms with Gasteiger partial charge in [-0.05, 0) is 50.8 Å². The Morgan fingerprint density at radius 2 is 1.76 bits per heavy atom. The summed E-state index contributed by atoms with van der Waals surface area (Å²) < 4.78 is 7.16. The van der Waals surface area contributed by atoms with E-state index in [2.05, 4.69) is 27.3 Å². The summed E-state index contributed by atoms with van der Waals surface area (Å²) in [6.07, 6.45) is 4.32. The summed E-state index contributed by atoms with van der Waals surface area (Å²) in [6.45, 7) is 11.6. The smallest absolute Gasteiger partial charge is 0.333 e. The number of aryl methyl sites for hydroxylation is 1. The molecule has 0 aliphatic heterocycles. The number of ether oxygens (including phenoxy) is 1. The Morgan fingerprint density at radius 1 is 1.11 bits per heavy atom. The first kappa shape index (κ1) is 30.1. The van der Waals surface area contributed by atoms with E-state index in [4.69, 9.17) is 4.74 Å². The summed E-state index contributed by atoms with van der Waals surface area (Å²) >= 11 is 0. The minimum atomic E-state index is -0.710. The molecule has 37 heavy (non-hydrogen) atoms. The van der Waals surface area contributed by atoms with Gasteiger partial charge in [-0.1, -0.05) is 52.0 Å². The highest BCUT2D eigenvalue weighted by atomic mass is 16.5. The summed E-state index contributed by atoms with van der Waals surface area (Å²) in [4.78, 5) is 40.8. The largest absolute Gasteiger partial charge is 0.463 e. The number of carbonyl (C=O) groups is 3. The standard InChI is InChI=1S/C29H44N4O4/c1-10-37-29(36)20(6)15-25(18(2)3)33(9)28(35)26(19(4)5)31-27(34)23(30-7)16-21-17-32(8)24-14-12-11-13-22(21)24/h11-15,17-19,23,25-26,30H,10,16H2,1-9H3,(H,31,34)/b20-15+/t23-,25?,26-/m0/s1. The fourth-order valence-corrected chi connectivity index (χ4v) is 4.59. The van der Waals surface area contributed by atoms with Gasteiger partial charge in [-0.2, -0.15) is 0 Å². The van der Waals surface area contributed by atoms with Crippen LogP contribution in [0, 0.1) is 11.8 Å². The predicted molar refractivity (Wildman–Crippen MR) is 148 cm³/mol. The van der Waals surface area contributed by atoms with E-state index >= 15 is 0 Å². The lowest BCUT2D eigenvalue weighted by atomic mass is 9.96. The van der Waals surface area contributed by atoms with Crippen molar-refractivity contribution in [3.8, 4) is 0 Å². The van der Waals surface area contributed by atoms with Gasteiger partial charge in [-0.25, -0.2) is 4.79 Å². The number of hydrogen-bond acceptors (Lipinski definition) is 5. The maximum absolute atomic E-state index is 13.6. The number of amides is 2. The number of nitrogens with one attached hydrogen (secondary N) is 2. The third kappa shape index (κ3) is 7.44. The molecular formula is C29H44N4O4. The second-order valence-corrected chi connectivity index (χ2v) is 10.3. The van der Waals surface area contributed by atoms with E-state index in [-0.39, 0.29) is 36.3 Å². The molecule has 8 heteroatoms. The van der Waals surface area contributed by atoms with Crippen LogP contribution in [-0.4, -0.2) is 66.1 Å². The van der Waals surface area contributed by atoms with Crippen LogP contribution < -0.4 is 10.6 Å². The van der Waals surface area contributed by atoms with Crippen LogP contribution in [0.1, 0.15) is 47.1 Å². The van der Waals surface area contributed by atoms with Crippen molar-refractivity contribution in [3.05, 3.63) is 47.7 Å². The van der Waals surface area contributed by atoms with E-state index in [1.54, 1.807) is 38.9 Å². The molecule has 0 spiro atoms. The summed E-state index contributed by atoms with van der Waals surface area (Å²) in [5, 5.41) is 7.23. The Bertz CT molecular complexity index is 1120. The van der Waals surface area contributed by atoms with Crippen molar-refractivity contribution in [1.29, 1.82) is 0 Å². The van der Waals surface area contributed by atoms with Gasteiger partial charge in [0.2, 0.25) is 11.8 Å². The van der Waals surface area contributed by atoms with Crippen LogP contribution in [0.25, 0.3) is 10.9 Å². The third-order valence-electron chi connectivity index (χ3n) is 6.79. The fourth-order valence-electron chi connectivity index (χ4n) is 4.59. The van der Waals surface area contributed by atoms with E-state index in [1.165, 1.54) is 0 Å². The molecule has 0 aliphatic carbocycles. The molecule has 1 unspecified atom stereocenters. The zero-order chi connectivity index (χ0) is 27.9. The molecule has 2 aromatic rings. The lowest BCUT2D eigenvalue weighted by molar-refractivity contribution is -0.139. The first-order chi connectivity index (χ1) is 17.4. The minimum absolute atomic E-state index is 0.0539. The maximum Gasteiger partial charge on any atom is 0.333 e. The lowest BCUT2D eigenvalue weighted by Crippen LogP contribution is -2.56. The number of nitrogens with zero attached hydrogens (tertiary/aromatic N) is 2. The highest BCUT2D eigenvalue weighted by molar-refractivity contribution is 5.92. The van der Waals surface area contributed by atoms with Crippen LogP contribution in [-0.2, 0) is 32.6 Å². The Hall–Kier alpha value is -3.13. The molecule has 0 bridgehead atoms. The van der Waals surface area contributed by atoms with Crippen molar-refractivity contribution in [2.75, 3.05) is 20.7 Å². The summed E-state index contributed by atoms with van der Waals surface area (Å²) in [5.74, 6) is -0.895. The molecule has 0 saturated heterocycles. The number of likely N-dealkylation sites (N-methyl/N-ethyl adjacent to an activating group) is 2. The van der Waals surface area contributed by atoms with E-state index in [9.17, 15) is 14.4 Å². The van der Waals surface area contributed by atoms with E-state index < -0.39 is 18.1 Å². The molecule has 1 aromatic carbocycles. The summed E-state index contributed by atoms with van der Waals surface area (Å²) in [6, 6.07) is 6.56. The molecule has 0 saturated carbocycles. The maximum atomic E-state index is 13.6. The van der Waals surface area contributed by atoms with Gasteiger partial charge in [0, 0.05) is 36.8 Å². The number of para-hydroxylation sites is 1. The summed E-state index contributed by atoms with van der Waals surface area (Å²) in [5.41, 5.74) is 2.63. The molecular weight excluding hydrogens is 468 g/mol. The second kappa shape index (κ2) is 13.4. The van der Waals surface area contributed by atoms with Gasteiger partial charge in [0.15, 0.2) is 0 Å². The number of carbonyl (C=O) groups excluding carboxylic acids is 3. The van der Waals surface area contributed by atoms with Gasteiger partial charge in [0.1, 0.15) is 6.04 Å². The first-order valence-electron chi connectivity index (χ1n) is 13.1. The van der Waals surface area contributed by atoms with Crippen molar-refractivity contribution in [1.82, 2.24) is 20.1 Å². The molecule has 1 heterocycles. The van der Waals surface area contributed by atoms with Gasteiger partial charge in [0.25, 0.3) is 0 Å². The average Bonchev–Trinajstić information content (AvgIpc) is 3.18. The monoisotopic (exact) mass is 512 g/mol. The van der Waals surface area contributed by atoms with Crippen molar-refractivity contribution in [2.24, 2.45) is 18.9 Å². The molecule has 1 aromatic heterocycles. The van der Waals surface area contributed by atoms with Crippen molar-refractivity contribution in [3.63, 3.8) is 0 Å². The van der Waals surface area contributed by atoms with Crippen molar-refractivity contribution >= 4 is 28.7 Å². The zero-order valence-corrected chi connectivity index (χ0v) is 23.8. The number of esters is 1. The van der Waals surface area contributed by atoms with Crippen molar-refractivity contribution in [2.45, 2.75) is 66.1 Å². The average molecular weight is 513 g/mol. The van der Waals surface area contributed by atoms with Crippen molar-refractivity contribution < 1.29 is 19.1 Å². The Balaban J connectivity index is 2.23. The van der Waals surface area contributed by atoms with Gasteiger partial charge < -0.3 is 24.8 Å². The van der Waals surface area contributed by atoms with Crippen LogP contribution >= 0.6 is 0 Å². The molecule has 0 radical (unpaired) electrons. The van der Waals surface area contributed by atoms with Gasteiger partial charge in [0.05, 0.1) is 18.7 Å². The minimum Gasteiger partial charge on any atom is -0.463 e. The van der Waals surface area contributed by atoms with Crippen LogP contribution in [0.2, 0.25) is 0 Å². The number of aromatic nitrogens is 1. The molecule has 204 valence electrons. The highest BCUT2D eigenvalue weighted by Gasteiger charge is 2.33. The Labute approximate surface area is 221 Å². The number of fused-ring (bicyclic) bond motifs is 1. The van der Waals surface area contributed by atoms with Crippen LogP contribution in [0.5, 0.6) is 0 Å². The molecule has 3 atom stereocenters. The SMILES string of the molecule is CCOC(=O)/C(C)=C/C(C(C)C)N(C)C(=O)[C@@H](NC(=O)[C@H](Cc1cn(C)c2ccccc12)NC)C(C)C. The number of rotatable bonds is 12. The lowest BCUT2D eigenvalue weighted by Gasteiger charge is -2.34. The quantitative estimate of drug-likeness (QED) is 0.336. The zero-order valence-electron chi connectivity index (χ0n) is 23.8. The fraction of sp³-hybridized carbons (Fsp3) is 0.552. The van der Waals surface area contributed by atoms with Gasteiger partial charge >= 0.3 is 5.97 Å². The normalized spacial score (nSPS) is 14.5. The second-order valence-electron chi connectivity index (χ2n) is 10.3. The van der Waals surface area contributed by atoms with Crippen LogP contribution in [0.15, 0.2) is 42.1 Å².